The number of anilines is 1. The van der Waals surface area contributed by atoms with Crippen molar-refractivity contribution in [2.75, 3.05) is 11.4 Å². The standard InChI is InChI=1S/C27H24F3N5O/c28-27(29,30)26(36)35-15-22-12-20(21-7-4-10-31-13-21)8-9-25(22)34(16-23-14-32-18-33-23)17-24(35)11-19-5-2-1-3-6-19/h1-10,12-14,18,24H,11,15-17H2,(H,32,33). The van der Waals surface area contributed by atoms with E-state index >= 15 is 0 Å². The van der Waals surface area contributed by atoms with Crippen molar-refractivity contribution < 1.29 is 18.0 Å². The summed E-state index contributed by atoms with van der Waals surface area (Å²) in [5.41, 5.74) is 4.71. The lowest BCUT2D eigenvalue weighted by atomic mass is 10.0. The molecule has 1 aliphatic heterocycles. The number of halogens is 3. The Morgan fingerprint density at radius 3 is 2.58 bits per heavy atom. The molecular formula is C27H24F3N5O. The molecule has 0 saturated heterocycles. The Hall–Kier alpha value is -4.14. The zero-order valence-electron chi connectivity index (χ0n) is 19.3. The predicted molar refractivity (Wildman–Crippen MR) is 130 cm³/mol. The molecule has 1 atom stereocenters. The van der Waals surface area contributed by atoms with Crippen LogP contribution in [-0.2, 0) is 24.3 Å². The van der Waals surface area contributed by atoms with E-state index in [1.807, 2.05) is 59.5 Å². The van der Waals surface area contributed by atoms with E-state index in [1.54, 1.807) is 31.0 Å². The van der Waals surface area contributed by atoms with Gasteiger partial charge >= 0.3 is 12.1 Å². The van der Waals surface area contributed by atoms with E-state index in [0.29, 0.717) is 18.5 Å². The number of alkyl halides is 3. The fourth-order valence-corrected chi connectivity index (χ4v) is 4.68. The second kappa shape index (κ2) is 9.85. The first-order chi connectivity index (χ1) is 17.4. The number of carbonyl (C=O) groups is 1. The van der Waals surface area contributed by atoms with Crippen LogP contribution in [0.1, 0.15) is 16.8 Å². The van der Waals surface area contributed by atoms with Gasteiger partial charge in [-0.15, -0.1) is 0 Å². The molecule has 5 rings (SSSR count). The van der Waals surface area contributed by atoms with Gasteiger partial charge in [-0.25, -0.2) is 4.98 Å². The summed E-state index contributed by atoms with van der Waals surface area (Å²) in [6, 6.07) is 18.0. The van der Waals surface area contributed by atoms with Crippen LogP contribution in [0.15, 0.2) is 85.6 Å². The summed E-state index contributed by atoms with van der Waals surface area (Å²) in [7, 11) is 0. The van der Waals surface area contributed by atoms with Crippen LogP contribution >= 0.6 is 0 Å². The van der Waals surface area contributed by atoms with Crippen molar-refractivity contribution in [3.63, 3.8) is 0 Å². The molecule has 184 valence electrons. The summed E-state index contributed by atoms with van der Waals surface area (Å²) in [5.74, 6) is -1.83. The average Bonchev–Trinajstić information content (AvgIpc) is 3.34. The summed E-state index contributed by atoms with van der Waals surface area (Å²) < 4.78 is 41.3. The number of aromatic amines is 1. The summed E-state index contributed by atoms with van der Waals surface area (Å²) in [6.07, 6.45) is 2.02. The number of benzene rings is 2. The topological polar surface area (TPSA) is 65.1 Å². The second-order valence-corrected chi connectivity index (χ2v) is 8.80. The molecule has 2 aromatic carbocycles. The number of imidazole rings is 1. The lowest BCUT2D eigenvalue weighted by Gasteiger charge is -2.33. The summed E-state index contributed by atoms with van der Waals surface area (Å²) in [4.78, 5) is 27.1. The van der Waals surface area contributed by atoms with Crippen LogP contribution < -0.4 is 4.90 Å². The number of hydrogen-bond donors (Lipinski definition) is 1. The van der Waals surface area contributed by atoms with Gasteiger partial charge in [-0.3, -0.25) is 9.78 Å². The molecule has 3 heterocycles. The van der Waals surface area contributed by atoms with Gasteiger partial charge in [-0.2, -0.15) is 13.2 Å². The highest BCUT2D eigenvalue weighted by Crippen LogP contribution is 2.35. The fraction of sp³-hybridized carbons (Fsp3) is 0.222. The molecule has 36 heavy (non-hydrogen) atoms. The van der Waals surface area contributed by atoms with E-state index in [1.165, 1.54) is 0 Å². The molecule has 1 amide bonds. The maximum atomic E-state index is 13.8. The molecular weight excluding hydrogens is 467 g/mol. The van der Waals surface area contributed by atoms with Crippen LogP contribution in [0.4, 0.5) is 18.9 Å². The largest absolute Gasteiger partial charge is 0.471 e. The second-order valence-electron chi connectivity index (χ2n) is 8.80. The van der Waals surface area contributed by atoms with Crippen molar-refractivity contribution in [1.82, 2.24) is 19.9 Å². The van der Waals surface area contributed by atoms with Gasteiger partial charge in [0.25, 0.3) is 0 Å². The Kier molecular flexibility index (Phi) is 6.45. The van der Waals surface area contributed by atoms with Gasteiger partial charge in [-0.05, 0) is 46.9 Å². The quantitative estimate of drug-likeness (QED) is 0.427. The third-order valence-corrected chi connectivity index (χ3v) is 6.35. The molecule has 0 radical (unpaired) electrons. The first-order valence-electron chi connectivity index (χ1n) is 11.6. The number of fused-ring (bicyclic) bond motifs is 1. The third-order valence-electron chi connectivity index (χ3n) is 6.35. The van der Waals surface area contributed by atoms with Crippen LogP contribution in [0.5, 0.6) is 0 Å². The number of carbonyl (C=O) groups excluding carboxylic acids is 1. The first kappa shape index (κ1) is 23.6. The Balaban J connectivity index is 1.59. The van der Waals surface area contributed by atoms with E-state index in [9.17, 15) is 18.0 Å². The van der Waals surface area contributed by atoms with Crippen LogP contribution in [-0.4, -0.2) is 44.5 Å². The number of rotatable bonds is 5. The molecule has 1 N–H and O–H groups in total. The van der Waals surface area contributed by atoms with Crippen molar-refractivity contribution in [1.29, 1.82) is 0 Å². The molecule has 0 saturated carbocycles. The fourth-order valence-electron chi connectivity index (χ4n) is 4.68. The molecule has 1 unspecified atom stereocenters. The predicted octanol–water partition coefficient (Wildman–Crippen LogP) is 4.99. The summed E-state index contributed by atoms with van der Waals surface area (Å²) in [6.45, 7) is 0.460. The third kappa shape index (κ3) is 5.10. The number of pyridine rings is 1. The minimum Gasteiger partial charge on any atom is -0.363 e. The normalized spacial score (nSPS) is 15.9. The lowest BCUT2D eigenvalue weighted by molar-refractivity contribution is -0.188. The van der Waals surface area contributed by atoms with Gasteiger partial charge < -0.3 is 14.8 Å². The Labute approximate surface area is 206 Å². The molecule has 9 heteroatoms. The zero-order valence-corrected chi connectivity index (χ0v) is 19.3. The SMILES string of the molecule is O=C(N1Cc2cc(-c3cccnc3)ccc2N(Cc2c[nH]cn2)CC1Cc1ccccc1)C(F)(F)F. The van der Waals surface area contributed by atoms with Crippen molar-refractivity contribution in [2.24, 2.45) is 0 Å². The van der Waals surface area contributed by atoms with Crippen LogP contribution in [0.25, 0.3) is 11.1 Å². The average molecular weight is 492 g/mol. The highest BCUT2D eigenvalue weighted by atomic mass is 19.4. The number of hydrogen-bond acceptors (Lipinski definition) is 4. The Morgan fingerprint density at radius 2 is 1.89 bits per heavy atom. The molecule has 1 aliphatic rings. The number of H-pyrrole nitrogens is 1. The van der Waals surface area contributed by atoms with Crippen LogP contribution in [0, 0.1) is 0 Å². The highest BCUT2D eigenvalue weighted by molar-refractivity contribution is 5.83. The lowest BCUT2D eigenvalue weighted by Crippen LogP contribution is -2.50. The van der Waals surface area contributed by atoms with Crippen molar-refractivity contribution >= 4 is 11.6 Å². The maximum absolute atomic E-state index is 13.8. The molecule has 2 aromatic heterocycles. The maximum Gasteiger partial charge on any atom is 0.471 e. The van der Waals surface area contributed by atoms with E-state index in [2.05, 4.69) is 15.0 Å². The van der Waals surface area contributed by atoms with E-state index < -0.39 is 18.1 Å². The summed E-state index contributed by atoms with van der Waals surface area (Å²) >= 11 is 0. The van der Waals surface area contributed by atoms with Gasteiger partial charge in [0.05, 0.1) is 24.6 Å². The van der Waals surface area contributed by atoms with Crippen molar-refractivity contribution in [2.45, 2.75) is 31.7 Å². The number of aromatic nitrogens is 3. The zero-order chi connectivity index (χ0) is 25.1. The van der Waals surface area contributed by atoms with Gasteiger partial charge in [0.15, 0.2) is 0 Å². The highest BCUT2D eigenvalue weighted by Gasteiger charge is 2.46. The monoisotopic (exact) mass is 491 g/mol. The minimum atomic E-state index is -4.98. The summed E-state index contributed by atoms with van der Waals surface area (Å²) in [5, 5.41) is 0. The number of amides is 1. The van der Waals surface area contributed by atoms with Crippen LogP contribution in [0.2, 0.25) is 0 Å². The molecule has 4 aromatic rings. The van der Waals surface area contributed by atoms with Gasteiger partial charge in [0, 0.05) is 37.4 Å². The van der Waals surface area contributed by atoms with Gasteiger partial charge in [0.1, 0.15) is 0 Å². The molecule has 0 spiro atoms. The van der Waals surface area contributed by atoms with E-state index in [-0.39, 0.29) is 13.1 Å². The molecule has 0 bridgehead atoms. The van der Waals surface area contributed by atoms with Crippen molar-refractivity contribution in [3.05, 3.63) is 102 Å². The van der Waals surface area contributed by atoms with Crippen molar-refractivity contribution in [3.8, 4) is 11.1 Å². The molecule has 6 nitrogen and oxygen atoms in total. The van der Waals surface area contributed by atoms with E-state index in [0.717, 1.165) is 33.0 Å². The molecule has 0 fully saturated rings. The Bertz CT molecular complexity index is 1310. The van der Waals surface area contributed by atoms with Gasteiger partial charge in [-0.1, -0.05) is 42.5 Å². The Morgan fingerprint density at radius 1 is 1.06 bits per heavy atom. The van der Waals surface area contributed by atoms with Gasteiger partial charge in [0.2, 0.25) is 0 Å². The number of nitrogens with one attached hydrogen (secondary N) is 1. The number of nitrogens with zero attached hydrogens (tertiary/aromatic N) is 4. The minimum absolute atomic E-state index is 0.156. The molecule has 0 aliphatic carbocycles. The first-order valence-corrected chi connectivity index (χ1v) is 11.6. The van der Waals surface area contributed by atoms with Crippen LogP contribution in [0.3, 0.4) is 0 Å². The van der Waals surface area contributed by atoms with E-state index in [4.69, 9.17) is 0 Å². The smallest absolute Gasteiger partial charge is 0.363 e.